The molecule has 1 aromatic carbocycles. The maximum absolute atomic E-state index is 13.5. The summed E-state index contributed by atoms with van der Waals surface area (Å²) >= 11 is 1.16. The molecule has 2 rings (SSSR count). The van der Waals surface area contributed by atoms with E-state index in [0.29, 0.717) is 11.2 Å². The second kappa shape index (κ2) is 6.82. The molecule has 22 heavy (non-hydrogen) atoms. The molecule has 1 N–H and O–H groups in total. The Morgan fingerprint density at radius 2 is 2.05 bits per heavy atom. The molecule has 9 heteroatoms. The fourth-order valence-electron chi connectivity index (χ4n) is 1.62. The number of amides is 1. The number of hydrogen-bond acceptors (Lipinski definition) is 5. The number of hydrogen-bond donors (Lipinski definition) is 1. The molecule has 0 fully saturated rings. The number of rotatable bonds is 5. The van der Waals surface area contributed by atoms with Gasteiger partial charge in [-0.2, -0.15) is 0 Å². The number of aromatic nitrogens is 4. The van der Waals surface area contributed by atoms with Crippen LogP contribution in [0.2, 0.25) is 0 Å². The van der Waals surface area contributed by atoms with E-state index in [-0.39, 0.29) is 11.7 Å². The highest BCUT2D eigenvalue weighted by molar-refractivity contribution is 8.00. The van der Waals surface area contributed by atoms with Gasteiger partial charge in [-0.1, -0.05) is 11.8 Å². The lowest BCUT2D eigenvalue weighted by atomic mass is 10.3. The summed E-state index contributed by atoms with van der Waals surface area (Å²) in [4.78, 5) is 12.1. The van der Waals surface area contributed by atoms with Crippen LogP contribution in [0, 0.1) is 11.6 Å². The zero-order valence-electron chi connectivity index (χ0n) is 12.2. The van der Waals surface area contributed by atoms with Gasteiger partial charge in [0.1, 0.15) is 11.6 Å². The van der Waals surface area contributed by atoms with Crippen LogP contribution in [0.25, 0.3) is 0 Å². The van der Waals surface area contributed by atoms with Gasteiger partial charge in [0.25, 0.3) is 0 Å². The van der Waals surface area contributed by atoms with Gasteiger partial charge in [0.2, 0.25) is 11.1 Å². The minimum absolute atomic E-state index is 0.0577. The van der Waals surface area contributed by atoms with Gasteiger partial charge in [-0.05, 0) is 43.3 Å². The Morgan fingerprint density at radius 3 is 2.68 bits per heavy atom. The molecule has 0 aliphatic rings. The first-order valence-electron chi connectivity index (χ1n) is 6.59. The number of nitrogens with one attached hydrogen (secondary N) is 1. The van der Waals surface area contributed by atoms with Gasteiger partial charge in [0, 0.05) is 6.07 Å². The normalized spacial score (nSPS) is 12.5. The lowest BCUT2D eigenvalue weighted by molar-refractivity contribution is -0.115. The van der Waals surface area contributed by atoms with E-state index in [2.05, 4.69) is 20.8 Å². The van der Waals surface area contributed by atoms with E-state index in [4.69, 9.17) is 0 Å². The first-order valence-corrected chi connectivity index (χ1v) is 7.47. The molecule has 0 saturated carbocycles. The quantitative estimate of drug-likeness (QED) is 0.855. The molecule has 0 bridgehead atoms. The highest BCUT2D eigenvalue weighted by Gasteiger charge is 2.20. The molecule has 1 unspecified atom stereocenters. The largest absolute Gasteiger partial charge is 0.323 e. The zero-order valence-corrected chi connectivity index (χ0v) is 13.1. The Bertz CT molecular complexity index is 676. The number of nitrogens with zero attached hydrogens (tertiary/aromatic N) is 4. The van der Waals surface area contributed by atoms with Crippen molar-refractivity contribution in [3.8, 4) is 0 Å². The van der Waals surface area contributed by atoms with Crippen molar-refractivity contribution < 1.29 is 13.6 Å². The number of anilines is 1. The van der Waals surface area contributed by atoms with Gasteiger partial charge in [0.05, 0.1) is 17.0 Å². The minimum Gasteiger partial charge on any atom is -0.323 e. The van der Waals surface area contributed by atoms with Crippen LogP contribution in [0.1, 0.15) is 26.8 Å². The Balaban J connectivity index is 2.04. The molecular formula is C13H15F2N5OS. The molecule has 2 aromatic rings. The summed E-state index contributed by atoms with van der Waals surface area (Å²) in [7, 11) is 0. The van der Waals surface area contributed by atoms with E-state index in [1.807, 2.05) is 13.8 Å². The zero-order chi connectivity index (χ0) is 16.3. The van der Waals surface area contributed by atoms with E-state index >= 15 is 0 Å². The fraction of sp³-hybridized carbons (Fsp3) is 0.385. The smallest absolute Gasteiger partial charge is 0.237 e. The first-order chi connectivity index (χ1) is 10.4. The third-order valence-electron chi connectivity index (χ3n) is 2.79. The lowest BCUT2D eigenvalue weighted by Gasteiger charge is -2.13. The van der Waals surface area contributed by atoms with Crippen molar-refractivity contribution in [3.63, 3.8) is 0 Å². The average Bonchev–Trinajstić information content (AvgIpc) is 2.90. The third kappa shape index (κ3) is 3.79. The molecule has 1 atom stereocenters. The van der Waals surface area contributed by atoms with E-state index in [1.165, 1.54) is 6.07 Å². The van der Waals surface area contributed by atoms with Crippen molar-refractivity contribution in [1.82, 2.24) is 20.2 Å². The fourth-order valence-corrected chi connectivity index (χ4v) is 2.55. The van der Waals surface area contributed by atoms with Crippen LogP contribution in [0.3, 0.4) is 0 Å². The highest BCUT2D eigenvalue weighted by Crippen LogP contribution is 2.24. The molecule has 0 saturated heterocycles. The molecule has 0 aliphatic carbocycles. The predicted molar refractivity (Wildman–Crippen MR) is 78.5 cm³/mol. The Labute approximate surface area is 130 Å². The van der Waals surface area contributed by atoms with Crippen molar-refractivity contribution >= 4 is 23.4 Å². The van der Waals surface area contributed by atoms with Gasteiger partial charge >= 0.3 is 0 Å². The number of benzene rings is 1. The van der Waals surface area contributed by atoms with Gasteiger partial charge in [-0.25, -0.2) is 13.5 Å². The molecule has 1 amide bonds. The number of halogens is 2. The van der Waals surface area contributed by atoms with Crippen LogP contribution in [0.4, 0.5) is 14.5 Å². The predicted octanol–water partition coefficient (Wildman–Crippen LogP) is 2.65. The van der Waals surface area contributed by atoms with Crippen molar-refractivity contribution in [3.05, 3.63) is 29.8 Å². The average molecular weight is 327 g/mol. The van der Waals surface area contributed by atoms with Crippen molar-refractivity contribution in [2.45, 2.75) is 37.2 Å². The first kappa shape index (κ1) is 16.3. The van der Waals surface area contributed by atoms with Crippen LogP contribution in [-0.2, 0) is 4.79 Å². The van der Waals surface area contributed by atoms with Crippen LogP contribution < -0.4 is 5.32 Å². The summed E-state index contributed by atoms with van der Waals surface area (Å²) in [6.07, 6.45) is 0. The van der Waals surface area contributed by atoms with Gasteiger partial charge in [0.15, 0.2) is 0 Å². The molecule has 0 spiro atoms. The number of tetrazole rings is 1. The summed E-state index contributed by atoms with van der Waals surface area (Å²) in [5.41, 5.74) is -0.0673. The molecule has 1 aromatic heterocycles. The maximum Gasteiger partial charge on any atom is 0.237 e. The summed E-state index contributed by atoms with van der Waals surface area (Å²) in [6, 6.07) is 3.03. The molecule has 0 radical (unpaired) electrons. The van der Waals surface area contributed by atoms with Gasteiger partial charge < -0.3 is 5.32 Å². The monoisotopic (exact) mass is 327 g/mol. The summed E-state index contributed by atoms with van der Waals surface area (Å²) in [5.74, 6) is -1.94. The third-order valence-corrected chi connectivity index (χ3v) is 3.84. The molecular weight excluding hydrogens is 312 g/mol. The summed E-state index contributed by atoms with van der Waals surface area (Å²) in [6.45, 7) is 5.48. The number of carbonyl (C=O) groups is 1. The second-order valence-electron chi connectivity index (χ2n) is 4.87. The number of carbonyl (C=O) groups excluding carboxylic acids is 1. The van der Waals surface area contributed by atoms with E-state index in [0.717, 1.165) is 17.8 Å². The Morgan fingerprint density at radius 1 is 1.32 bits per heavy atom. The van der Waals surface area contributed by atoms with E-state index in [9.17, 15) is 13.6 Å². The Hall–Kier alpha value is -2.03. The highest BCUT2D eigenvalue weighted by atomic mass is 32.2. The molecule has 0 aliphatic heterocycles. The maximum atomic E-state index is 13.5. The van der Waals surface area contributed by atoms with E-state index in [1.54, 1.807) is 11.6 Å². The van der Waals surface area contributed by atoms with Crippen LogP contribution in [0.15, 0.2) is 23.4 Å². The van der Waals surface area contributed by atoms with E-state index < -0.39 is 22.8 Å². The lowest BCUT2D eigenvalue weighted by Crippen LogP contribution is -2.23. The number of thioether (sulfide) groups is 1. The molecule has 1 heterocycles. The summed E-state index contributed by atoms with van der Waals surface area (Å²) < 4.78 is 27.9. The van der Waals surface area contributed by atoms with Crippen LogP contribution >= 0.6 is 11.8 Å². The van der Waals surface area contributed by atoms with Gasteiger partial charge in [-0.15, -0.1) is 5.10 Å². The van der Waals surface area contributed by atoms with Crippen LogP contribution in [-0.4, -0.2) is 31.4 Å². The minimum atomic E-state index is -0.822. The standard InChI is InChI=1S/C13H15F2N5OS/c1-7(2)20-13(17-18-19-20)22-8(3)12(21)16-11-5-4-9(14)6-10(11)15/h4-8H,1-3H3,(H,16,21). The Kier molecular flexibility index (Phi) is 5.07. The molecule has 6 nitrogen and oxygen atoms in total. The van der Waals surface area contributed by atoms with Crippen molar-refractivity contribution in [2.24, 2.45) is 0 Å². The second-order valence-corrected chi connectivity index (χ2v) is 6.18. The summed E-state index contributed by atoms with van der Waals surface area (Å²) in [5, 5.41) is 13.6. The van der Waals surface area contributed by atoms with Crippen molar-refractivity contribution in [2.75, 3.05) is 5.32 Å². The van der Waals surface area contributed by atoms with Crippen LogP contribution in [0.5, 0.6) is 0 Å². The SMILES string of the molecule is CC(Sc1nnnn1C(C)C)C(=O)Nc1ccc(F)cc1F. The van der Waals surface area contributed by atoms with Gasteiger partial charge in [-0.3, -0.25) is 4.79 Å². The topological polar surface area (TPSA) is 72.7 Å². The van der Waals surface area contributed by atoms with Crippen molar-refractivity contribution in [1.29, 1.82) is 0 Å². The molecule has 118 valence electrons.